The third kappa shape index (κ3) is 3.49. The molecular formula is C23H21N7O2. The van der Waals surface area contributed by atoms with E-state index in [1.165, 1.54) is 4.57 Å². The molecule has 9 heteroatoms. The van der Waals surface area contributed by atoms with Gasteiger partial charge in [0, 0.05) is 37.4 Å². The van der Waals surface area contributed by atoms with Crippen molar-refractivity contribution in [1.29, 1.82) is 0 Å². The molecule has 0 radical (unpaired) electrons. The van der Waals surface area contributed by atoms with Crippen molar-refractivity contribution in [3.05, 3.63) is 77.5 Å². The van der Waals surface area contributed by atoms with Gasteiger partial charge in [-0.15, -0.1) is 0 Å². The van der Waals surface area contributed by atoms with Crippen LogP contribution in [0.25, 0.3) is 21.7 Å². The molecule has 5 aromatic rings. The fraction of sp³-hybridized carbons (Fsp3) is 0.130. The van der Waals surface area contributed by atoms with Crippen LogP contribution in [0.1, 0.15) is 0 Å². The number of nitrogens with one attached hydrogen (secondary N) is 2. The minimum absolute atomic E-state index is 0.101. The molecule has 0 unspecified atom stereocenters. The predicted molar refractivity (Wildman–Crippen MR) is 124 cm³/mol. The summed E-state index contributed by atoms with van der Waals surface area (Å²) in [6.07, 6.45) is 5.04. The van der Waals surface area contributed by atoms with Gasteiger partial charge in [0.05, 0.1) is 29.0 Å². The number of aromatic nitrogens is 5. The Kier molecular flexibility index (Phi) is 4.70. The molecule has 3 heterocycles. The molecule has 0 bridgehead atoms. The molecule has 2 N–H and O–H groups in total. The smallest absolute Gasteiger partial charge is 0.261 e. The number of carbonyl (C=O) groups excluding carboxylic acids is 1. The molecule has 0 aliphatic carbocycles. The quantitative estimate of drug-likeness (QED) is 0.449. The van der Waals surface area contributed by atoms with Crippen molar-refractivity contribution in [2.75, 3.05) is 10.6 Å². The highest BCUT2D eigenvalue weighted by Crippen LogP contribution is 2.26. The molecule has 0 aliphatic rings. The van der Waals surface area contributed by atoms with E-state index in [-0.39, 0.29) is 18.0 Å². The summed E-state index contributed by atoms with van der Waals surface area (Å²) >= 11 is 0. The number of nitrogens with zero attached hydrogens (tertiary/aromatic N) is 5. The number of anilines is 3. The van der Waals surface area contributed by atoms with Gasteiger partial charge in [-0.1, -0.05) is 12.1 Å². The van der Waals surface area contributed by atoms with Gasteiger partial charge in [0.15, 0.2) is 0 Å². The molecule has 9 nitrogen and oxygen atoms in total. The summed E-state index contributed by atoms with van der Waals surface area (Å²) in [6, 6.07) is 15.1. The third-order valence-corrected chi connectivity index (χ3v) is 5.43. The first-order valence-corrected chi connectivity index (χ1v) is 10.1. The van der Waals surface area contributed by atoms with E-state index in [4.69, 9.17) is 0 Å². The van der Waals surface area contributed by atoms with Crippen molar-refractivity contribution in [3.63, 3.8) is 0 Å². The van der Waals surface area contributed by atoms with E-state index in [0.717, 1.165) is 22.0 Å². The minimum Gasteiger partial charge on any atom is -0.355 e. The van der Waals surface area contributed by atoms with Crippen LogP contribution in [0.3, 0.4) is 0 Å². The Hall–Kier alpha value is -4.40. The van der Waals surface area contributed by atoms with Gasteiger partial charge in [-0.3, -0.25) is 19.0 Å². The van der Waals surface area contributed by atoms with Crippen LogP contribution < -0.4 is 16.2 Å². The number of pyridine rings is 1. The van der Waals surface area contributed by atoms with E-state index >= 15 is 0 Å². The Morgan fingerprint density at radius 3 is 2.69 bits per heavy atom. The van der Waals surface area contributed by atoms with Crippen molar-refractivity contribution in [1.82, 2.24) is 24.1 Å². The Bertz CT molecular complexity index is 1530. The zero-order chi connectivity index (χ0) is 22.2. The van der Waals surface area contributed by atoms with E-state index in [1.54, 1.807) is 36.4 Å². The van der Waals surface area contributed by atoms with E-state index in [1.807, 2.05) is 54.2 Å². The number of hydrogen-bond acceptors (Lipinski definition) is 5. The third-order valence-electron chi connectivity index (χ3n) is 5.43. The maximum atomic E-state index is 13.3. The number of rotatable bonds is 5. The number of hydrogen-bond donors (Lipinski definition) is 2. The number of aryl methyl sites for hydroxylation is 2. The average Bonchev–Trinajstić information content (AvgIpc) is 3.35. The Labute approximate surface area is 182 Å². The zero-order valence-corrected chi connectivity index (χ0v) is 17.6. The first-order chi connectivity index (χ1) is 15.5. The highest BCUT2D eigenvalue weighted by atomic mass is 16.2. The van der Waals surface area contributed by atoms with Crippen molar-refractivity contribution in [2.45, 2.75) is 6.54 Å². The molecule has 0 aliphatic heterocycles. The molecule has 0 fully saturated rings. The Morgan fingerprint density at radius 1 is 1.00 bits per heavy atom. The van der Waals surface area contributed by atoms with Crippen molar-refractivity contribution in [3.8, 4) is 0 Å². The molecule has 0 atom stereocenters. The lowest BCUT2D eigenvalue weighted by molar-refractivity contribution is -0.116. The Morgan fingerprint density at radius 2 is 1.88 bits per heavy atom. The molecule has 0 saturated heterocycles. The second kappa shape index (κ2) is 7.69. The lowest BCUT2D eigenvalue weighted by atomic mass is 10.1. The number of carbonyl (C=O) groups is 1. The number of fused-ring (bicyclic) bond motifs is 2. The SMILES string of the molecule is Cn1nccc1NC(=O)Cn1ccc2cccc(Nc3ccc4c(cnn4C)c3)c2c1=O. The number of benzene rings is 2. The largest absolute Gasteiger partial charge is 0.355 e. The van der Waals surface area contributed by atoms with Crippen LogP contribution in [0.4, 0.5) is 17.2 Å². The van der Waals surface area contributed by atoms with E-state index in [0.29, 0.717) is 16.9 Å². The lowest BCUT2D eigenvalue weighted by Gasteiger charge is -2.12. The molecule has 3 aromatic heterocycles. The molecule has 5 rings (SSSR count). The van der Waals surface area contributed by atoms with Crippen LogP contribution in [0.2, 0.25) is 0 Å². The van der Waals surface area contributed by atoms with E-state index in [9.17, 15) is 9.59 Å². The van der Waals surface area contributed by atoms with E-state index < -0.39 is 0 Å². The van der Waals surface area contributed by atoms with Gasteiger partial charge < -0.3 is 15.2 Å². The van der Waals surface area contributed by atoms with Crippen LogP contribution >= 0.6 is 0 Å². The van der Waals surface area contributed by atoms with Gasteiger partial charge in [-0.25, -0.2) is 0 Å². The standard InChI is InChI=1S/C23H21N7O2/c1-28-19-7-6-17(12-16(19)13-25-28)26-18-5-3-4-15-9-11-30(23(32)22(15)18)14-21(31)27-20-8-10-24-29(20)2/h3-13,26H,14H2,1-2H3,(H,27,31). The number of amides is 1. The molecule has 0 saturated carbocycles. The lowest BCUT2D eigenvalue weighted by Crippen LogP contribution is -2.28. The first kappa shape index (κ1) is 19.6. The summed E-state index contributed by atoms with van der Waals surface area (Å²) in [5.74, 6) is 0.263. The van der Waals surface area contributed by atoms with Crippen molar-refractivity contribution in [2.24, 2.45) is 14.1 Å². The van der Waals surface area contributed by atoms with Gasteiger partial charge >= 0.3 is 0 Å². The fourth-order valence-corrected chi connectivity index (χ4v) is 3.79. The zero-order valence-electron chi connectivity index (χ0n) is 17.6. The van der Waals surface area contributed by atoms with Crippen LogP contribution in [0.5, 0.6) is 0 Å². The first-order valence-electron chi connectivity index (χ1n) is 10.1. The Balaban J connectivity index is 1.47. The maximum absolute atomic E-state index is 13.3. The molecule has 1 amide bonds. The highest BCUT2D eigenvalue weighted by Gasteiger charge is 2.12. The summed E-state index contributed by atoms with van der Waals surface area (Å²) < 4.78 is 4.78. The van der Waals surface area contributed by atoms with Gasteiger partial charge in [-0.2, -0.15) is 10.2 Å². The van der Waals surface area contributed by atoms with E-state index in [2.05, 4.69) is 20.8 Å². The second-order valence-electron chi connectivity index (χ2n) is 7.57. The van der Waals surface area contributed by atoms with Crippen LogP contribution in [-0.2, 0) is 25.4 Å². The van der Waals surface area contributed by atoms with Gasteiger partial charge in [0.2, 0.25) is 5.91 Å². The van der Waals surface area contributed by atoms with Crippen molar-refractivity contribution < 1.29 is 4.79 Å². The summed E-state index contributed by atoms with van der Waals surface area (Å²) in [7, 11) is 3.63. The summed E-state index contributed by atoms with van der Waals surface area (Å²) in [4.78, 5) is 25.8. The van der Waals surface area contributed by atoms with Crippen LogP contribution in [0, 0.1) is 0 Å². The minimum atomic E-state index is -0.303. The van der Waals surface area contributed by atoms with Gasteiger partial charge in [0.1, 0.15) is 12.4 Å². The fourth-order valence-electron chi connectivity index (χ4n) is 3.79. The normalized spacial score (nSPS) is 11.2. The molecule has 160 valence electrons. The molecule has 0 spiro atoms. The topological polar surface area (TPSA) is 98.8 Å². The summed E-state index contributed by atoms with van der Waals surface area (Å²) in [5.41, 5.74) is 2.31. The predicted octanol–water partition coefficient (Wildman–Crippen LogP) is 3.00. The van der Waals surface area contributed by atoms with Crippen LogP contribution in [0.15, 0.2) is 71.9 Å². The van der Waals surface area contributed by atoms with Crippen LogP contribution in [-0.4, -0.2) is 30.0 Å². The van der Waals surface area contributed by atoms with Gasteiger partial charge in [0.25, 0.3) is 5.56 Å². The molecule has 32 heavy (non-hydrogen) atoms. The van der Waals surface area contributed by atoms with Gasteiger partial charge in [-0.05, 0) is 35.7 Å². The molecular weight excluding hydrogens is 406 g/mol. The molecule has 2 aromatic carbocycles. The second-order valence-corrected chi connectivity index (χ2v) is 7.57. The maximum Gasteiger partial charge on any atom is 0.261 e. The van der Waals surface area contributed by atoms with Crippen molar-refractivity contribution >= 4 is 44.8 Å². The summed E-state index contributed by atoms with van der Waals surface area (Å²) in [5, 5.41) is 16.7. The average molecular weight is 427 g/mol. The monoisotopic (exact) mass is 427 g/mol. The summed E-state index contributed by atoms with van der Waals surface area (Å²) in [6.45, 7) is -0.101. The highest BCUT2D eigenvalue weighted by molar-refractivity contribution is 5.96.